The number of rotatable bonds is 7. The standard InChI is InChI=1S/C17H16O4/c1-20-14-8-9-15(16(12-14)21-11-5-10-18)17(19)13-6-3-2-4-7-13/h2-4,6-10,12H,5,11H2,1H3. The van der Waals surface area contributed by atoms with Crippen LogP contribution in [0.25, 0.3) is 0 Å². The second-order valence-corrected chi connectivity index (χ2v) is 4.36. The molecule has 108 valence electrons. The fourth-order valence-electron chi connectivity index (χ4n) is 1.90. The Hall–Kier alpha value is -2.62. The summed E-state index contributed by atoms with van der Waals surface area (Å²) in [6.45, 7) is 0.228. The quantitative estimate of drug-likeness (QED) is 0.445. The number of hydrogen-bond acceptors (Lipinski definition) is 4. The van der Waals surface area contributed by atoms with E-state index in [4.69, 9.17) is 9.47 Å². The molecular formula is C17H16O4. The zero-order chi connectivity index (χ0) is 15.1. The first kappa shape index (κ1) is 14.8. The third kappa shape index (κ3) is 3.69. The fourth-order valence-corrected chi connectivity index (χ4v) is 1.90. The van der Waals surface area contributed by atoms with Crippen molar-refractivity contribution in [3.63, 3.8) is 0 Å². The molecule has 0 aliphatic heterocycles. The summed E-state index contributed by atoms with van der Waals surface area (Å²) in [5, 5.41) is 0. The molecule has 0 amide bonds. The van der Waals surface area contributed by atoms with Gasteiger partial charge in [-0.25, -0.2) is 0 Å². The highest BCUT2D eigenvalue weighted by Crippen LogP contribution is 2.27. The Labute approximate surface area is 123 Å². The largest absolute Gasteiger partial charge is 0.497 e. The van der Waals surface area contributed by atoms with Crippen molar-refractivity contribution in [3.8, 4) is 11.5 Å². The van der Waals surface area contributed by atoms with Gasteiger partial charge in [-0.15, -0.1) is 0 Å². The van der Waals surface area contributed by atoms with E-state index in [9.17, 15) is 9.59 Å². The van der Waals surface area contributed by atoms with E-state index in [1.165, 1.54) is 0 Å². The van der Waals surface area contributed by atoms with Crippen molar-refractivity contribution >= 4 is 12.1 Å². The summed E-state index contributed by atoms with van der Waals surface area (Å²) in [6.07, 6.45) is 1.05. The third-order valence-corrected chi connectivity index (χ3v) is 2.96. The maximum absolute atomic E-state index is 12.5. The second-order valence-electron chi connectivity index (χ2n) is 4.36. The van der Waals surface area contributed by atoms with Gasteiger partial charge in [0, 0.05) is 18.1 Å². The lowest BCUT2D eigenvalue weighted by atomic mass is 10.0. The molecule has 0 saturated heterocycles. The van der Waals surface area contributed by atoms with Gasteiger partial charge >= 0.3 is 0 Å². The van der Waals surface area contributed by atoms with E-state index in [0.29, 0.717) is 22.6 Å². The molecule has 0 radical (unpaired) electrons. The Morgan fingerprint density at radius 1 is 1.14 bits per heavy atom. The van der Waals surface area contributed by atoms with Gasteiger partial charge < -0.3 is 14.3 Å². The van der Waals surface area contributed by atoms with E-state index in [0.717, 1.165) is 6.29 Å². The lowest BCUT2D eigenvalue weighted by Crippen LogP contribution is -2.07. The summed E-state index contributed by atoms with van der Waals surface area (Å²) in [7, 11) is 1.54. The van der Waals surface area contributed by atoms with E-state index in [-0.39, 0.29) is 18.8 Å². The predicted molar refractivity (Wildman–Crippen MR) is 79.0 cm³/mol. The molecule has 4 nitrogen and oxygen atoms in total. The molecule has 2 aromatic carbocycles. The molecule has 0 aliphatic carbocycles. The highest BCUT2D eigenvalue weighted by molar-refractivity contribution is 6.10. The fraction of sp³-hybridized carbons (Fsp3) is 0.176. The minimum Gasteiger partial charge on any atom is -0.497 e. The van der Waals surface area contributed by atoms with Crippen LogP contribution in [0.15, 0.2) is 48.5 Å². The average Bonchev–Trinajstić information content (AvgIpc) is 2.55. The minimum absolute atomic E-state index is 0.126. The van der Waals surface area contributed by atoms with E-state index in [2.05, 4.69) is 0 Å². The van der Waals surface area contributed by atoms with Gasteiger partial charge in [-0.3, -0.25) is 4.79 Å². The zero-order valence-corrected chi connectivity index (χ0v) is 11.7. The Balaban J connectivity index is 2.32. The van der Waals surface area contributed by atoms with Gasteiger partial charge in [0.2, 0.25) is 0 Å². The van der Waals surface area contributed by atoms with Gasteiger partial charge in [-0.1, -0.05) is 30.3 Å². The first-order valence-corrected chi connectivity index (χ1v) is 6.60. The number of benzene rings is 2. The maximum atomic E-state index is 12.5. The van der Waals surface area contributed by atoms with Gasteiger partial charge in [0.25, 0.3) is 0 Å². The van der Waals surface area contributed by atoms with Crippen molar-refractivity contribution in [2.24, 2.45) is 0 Å². The Morgan fingerprint density at radius 2 is 1.90 bits per heavy atom. The molecule has 0 N–H and O–H groups in total. The molecule has 21 heavy (non-hydrogen) atoms. The zero-order valence-electron chi connectivity index (χ0n) is 11.7. The van der Waals surface area contributed by atoms with Crippen LogP contribution in [0.3, 0.4) is 0 Å². The first-order valence-electron chi connectivity index (χ1n) is 6.60. The van der Waals surface area contributed by atoms with Crippen LogP contribution < -0.4 is 9.47 Å². The molecule has 0 aliphatic rings. The van der Waals surface area contributed by atoms with Gasteiger partial charge in [0.1, 0.15) is 17.8 Å². The summed E-state index contributed by atoms with van der Waals surface area (Å²) in [4.78, 5) is 22.9. The molecular weight excluding hydrogens is 268 g/mol. The average molecular weight is 284 g/mol. The summed E-state index contributed by atoms with van der Waals surface area (Å²) in [5.74, 6) is 0.894. The van der Waals surface area contributed by atoms with Gasteiger partial charge in [0.05, 0.1) is 19.3 Å². The number of ketones is 1. The smallest absolute Gasteiger partial charge is 0.196 e. The number of methoxy groups -OCH3 is 1. The molecule has 2 rings (SSSR count). The van der Waals surface area contributed by atoms with E-state index >= 15 is 0 Å². The van der Waals surface area contributed by atoms with Crippen molar-refractivity contribution in [1.29, 1.82) is 0 Å². The number of ether oxygens (including phenoxy) is 2. The maximum Gasteiger partial charge on any atom is 0.196 e. The highest BCUT2D eigenvalue weighted by Gasteiger charge is 2.15. The summed E-state index contributed by atoms with van der Waals surface area (Å²) in [5.41, 5.74) is 1.04. The Kier molecular flexibility index (Phi) is 5.10. The van der Waals surface area contributed by atoms with Crippen molar-refractivity contribution in [2.45, 2.75) is 6.42 Å². The summed E-state index contributed by atoms with van der Waals surface area (Å²) < 4.78 is 10.7. The lowest BCUT2D eigenvalue weighted by molar-refractivity contribution is -0.108. The third-order valence-electron chi connectivity index (χ3n) is 2.96. The molecule has 0 saturated carbocycles. The first-order chi connectivity index (χ1) is 10.3. The molecule has 0 fully saturated rings. The monoisotopic (exact) mass is 284 g/mol. The number of aldehydes is 1. The predicted octanol–water partition coefficient (Wildman–Crippen LogP) is 2.89. The van der Waals surface area contributed by atoms with Crippen LogP contribution >= 0.6 is 0 Å². The molecule has 4 heteroatoms. The van der Waals surface area contributed by atoms with Crippen molar-refractivity contribution in [2.75, 3.05) is 13.7 Å². The Bertz CT molecular complexity index is 620. The van der Waals surface area contributed by atoms with Crippen LogP contribution in [0.4, 0.5) is 0 Å². The molecule has 0 atom stereocenters. The summed E-state index contributed by atoms with van der Waals surface area (Å²) in [6, 6.07) is 14.0. The van der Waals surface area contributed by atoms with Crippen LogP contribution in [0.1, 0.15) is 22.3 Å². The van der Waals surface area contributed by atoms with Crippen molar-refractivity contribution in [1.82, 2.24) is 0 Å². The lowest BCUT2D eigenvalue weighted by Gasteiger charge is -2.11. The van der Waals surface area contributed by atoms with Crippen molar-refractivity contribution in [3.05, 3.63) is 59.7 Å². The molecule has 0 heterocycles. The molecule has 2 aromatic rings. The van der Waals surface area contributed by atoms with Gasteiger partial charge in [-0.05, 0) is 12.1 Å². The van der Waals surface area contributed by atoms with E-state index < -0.39 is 0 Å². The molecule has 0 spiro atoms. The molecule has 0 unspecified atom stereocenters. The van der Waals surface area contributed by atoms with Crippen LogP contribution in [0.5, 0.6) is 11.5 Å². The summed E-state index contributed by atoms with van der Waals surface area (Å²) >= 11 is 0. The topological polar surface area (TPSA) is 52.6 Å². The Morgan fingerprint density at radius 3 is 2.57 bits per heavy atom. The van der Waals surface area contributed by atoms with Crippen LogP contribution in [0.2, 0.25) is 0 Å². The molecule has 0 aromatic heterocycles. The second kappa shape index (κ2) is 7.24. The van der Waals surface area contributed by atoms with Crippen LogP contribution in [-0.2, 0) is 4.79 Å². The number of hydrogen-bond donors (Lipinski definition) is 0. The van der Waals surface area contributed by atoms with E-state index in [1.54, 1.807) is 37.4 Å². The van der Waals surface area contributed by atoms with E-state index in [1.807, 2.05) is 18.2 Å². The van der Waals surface area contributed by atoms with Gasteiger partial charge in [0.15, 0.2) is 5.78 Å². The minimum atomic E-state index is -0.126. The van der Waals surface area contributed by atoms with Crippen molar-refractivity contribution < 1.29 is 19.1 Å². The normalized spacial score (nSPS) is 9.95. The molecule has 0 bridgehead atoms. The number of carbonyl (C=O) groups excluding carboxylic acids is 2. The van der Waals surface area contributed by atoms with Crippen LogP contribution in [0, 0.1) is 0 Å². The number of carbonyl (C=O) groups is 2. The SMILES string of the molecule is COc1ccc(C(=O)c2ccccc2)c(OCCC=O)c1. The highest BCUT2D eigenvalue weighted by atomic mass is 16.5. The van der Waals surface area contributed by atoms with Gasteiger partial charge in [-0.2, -0.15) is 0 Å². The van der Waals surface area contributed by atoms with Crippen LogP contribution in [-0.4, -0.2) is 25.8 Å².